The SMILES string of the molecule is CSc1sc(SC)c(/C=N/O)c1/C=N/O. The van der Waals surface area contributed by atoms with E-state index in [0.29, 0.717) is 0 Å². The van der Waals surface area contributed by atoms with Gasteiger partial charge in [0.25, 0.3) is 0 Å². The van der Waals surface area contributed by atoms with Crippen molar-refractivity contribution in [2.75, 3.05) is 12.5 Å². The van der Waals surface area contributed by atoms with Gasteiger partial charge < -0.3 is 10.4 Å². The molecule has 0 aliphatic rings. The van der Waals surface area contributed by atoms with E-state index < -0.39 is 0 Å². The normalized spacial score (nSPS) is 11.9. The Bertz CT molecular complexity index is 353. The van der Waals surface area contributed by atoms with Crippen LogP contribution in [0.15, 0.2) is 18.7 Å². The summed E-state index contributed by atoms with van der Waals surface area (Å²) in [5.74, 6) is 0. The van der Waals surface area contributed by atoms with Gasteiger partial charge in [-0.3, -0.25) is 0 Å². The highest BCUT2D eigenvalue weighted by molar-refractivity contribution is 8.02. The highest BCUT2D eigenvalue weighted by atomic mass is 32.2. The van der Waals surface area contributed by atoms with Gasteiger partial charge in [0.15, 0.2) is 0 Å². The largest absolute Gasteiger partial charge is 0.411 e. The molecule has 1 aromatic rings. The summed E-state index contributed by atoms with van der Waals surface area (Å²) in [6, 6.07) is 0. The quantitative estimate of drug-likeness (QED) is 0.379. The number of hydrogen-bond donors (Lipinski definition) is 2. The molecular formula is C8H10N2O2S3. The maximum absolute atomic E-state index is 8.57. The first-order valence-corrected chi connectivity index (χ1v) is 7.14. The Hall–Kier alpha value is -0.660. The third kappa shape index (κ3) is 2.67. The smallest absolute Gasteiger partial charge is 0.0760 e. The second-order valence-corrected chi connectivity index (χ2v) is 5.57. The van der Waals surface area contributed by atoms with Gasteiger partial charge in [-0.1, -0.05) is 10.3 Å². The van der Waals surface area contributed by atoms with Gasteiger partial charge in [-0.25, -0.2) is 0 Å². The Morgan fingerprint density at radius 2 is 1.40 bits per heavy atom. The van der Waals surface area contributed by atoms with Gasteiger partial charge in [-0.2, -0.15) is 0 Å². The van der Waals surface area contributed by atoms with Crippen molar-refractivity contribution in [3.05, 3.63) is 11.1 Å². The third-order valence-corrected chi connectivity index (χ3v) is 5.15. The van der Waals surface area contributed by atoms with E-state index in [4.69, 9.17) is 10.4 Å². The molecule has 1 rings (SSSR count). The summed E-state index contributed by atoms with van der Waals surface area (Å²) in [4.78, 5) is 0. The van der Waals surface area contributed by atoms with Crippen LogP contribution < -0.4 is 0 Å². The molecule has 0 saturated heterocycles. The zero-order valence-corrected chi connectivity index (χ0v) is 10.6. The van der Waals surface area contributed by atoms with E-state index >= 15 is 0 Å². The summed E-state index contributed by atoms with van der Waals surface area (Å²) in [7, 11) is 0. The number of nitrogens with zero attached hydrogens (tertiary/aromatic N) is 2. The Balaban J connectivity index is 3.33. The molecule has 15 heavy (non-hydrogen) atoms. The highest BCUT2D eigenvalue weighted by Crippen LogP contribution is 2.38. The first kappa shape index (κ1) is 12.4. The molecule has 0 aliphatic carbocycles. The van der Waals surface area contributed by atoms with E-state index in [1.807, 2.05) is 12.5 Å². The average molecular weight is 262 g/mol. The van der Waals surface area contributed by atoms with Crippen LogP contribution in [0.3, 0.4) is 0 Å². The first-order chi connectivity index (χ1) is 7.28. The van der Waals surface area contributed by atoms with Crippen molar-refractivity contribution in [3.8, 4) is 0 Å². The summed E-state index contributed by atoms with van der Waals surface area (Å²) in [6.07, 6.45) is 6.62. The highest BCUT2D eigenvalue weighted by Gasteiger charge is 2.14. The molecule has 1 heterocycles. The van der Waals surface area contributed by atoms with Gasteiger partial charge in [0.1, 0.15) is 0 Å². The third-order valence-electron chi connectivity index (χ3n) is 1.66. The molecule has 0 atom stereocenters. The van der Waals surface area contributed by atoms with Crippen molar-refractivity contribution < 1.29 is 10.4 Å². The Morgan fingerprint density at radius 1 is 1.00 bits per heavy atom. The summed E-state index contributed by atoms with van der Waals surface area (Å²) < 4.78 is 2.07. The van der Waals surface area contributed by atoms with Crippen molar-refractivity contribution in [1.29, 1.82) is 0 Å². The molecule has 0 fully saturated rings. The summed E-state index contributed by atoms with van der Waals surface area (Å²) in [5, 5.41) is 23.2. The van der Waals surface area contributed by atoms with Crippen LogP contribution >= 0.6 is 34.9 Å². The summed E-state index contributed by atoms with van der Waals surface area (Å²) in [5.41, 5.74) is 1.58. The molecule has 0 amide bonds. The molecule has 82 valence electrons. The van der Waals surface area contributed by atoms with Gasteiger partial charge in [-0.05, 0) is 12.5 Å². The zero-order valence-electron chi connectivity index (χ0n) is 8.17. The number of rotatable bonds is 4. The van der Waals surface area contributed by atoms with Crippen molar-refractivity contribution in [1.82, 2.24) is 0 Å². The maximum Gasteiger partial charge on any atom is 0.0760 e. The lowest BCUT2D eigenvalue weighted by Crippen LogP contribution is -1.89. The van der Waals surface area contributed by atoms with E-state index in [2.05, 4.69) is 10.3 Å². The van der Waals surface area contributed by atoms with E-state index in [1.165, 1.54) is 12.4 Å². The van der Waals surface area contributed by atoms with Gasteiger partial charge in [0.2, 0.25) is 0 Å². The topological polar surface area (TPSA) is 65.2 Å². The zero-order chi connectivity index (χ0) is 11.3. The Kier molecular flexibility index (Phi) is 5.00. The van der Waals surface area contributed by atoms with E-state index in [-0.39, 0.29) is 0 Å². The molecule has 0 spiro atoms. The Labute approximate surface area is 100 Å². The van der Waals surface area contributed by atoms with Crippen LogP contribution in [0.25, 0.3) is 0 Å². The predicted molar refractivity (Wildman–Crippen MR) is 66.6 cm³/mol. The molecule has 2 N–H and O–H groups in total. The molecule has 0 saturated carbocycles. The minimum absolute atomic E-state index is 0.789. The predicted octanol–water partition coefficient (Wildman–Crippen LogP) is 2.81. The molecule has 0 radical (unpaired) electrons. The van der Waals surface area contributed by atoms with Crippen LogP contribution in [0.1, 0.15) is 11.1 Å². The standard InChI is InChI=1S/C8H10N2O2S3/c1-13-7-5(3-9-11)6(4-10-12)8(14-2)15-7/h3-4,11-12H,1-2H3/b9-3+,10-4+. The number of thioether (sulfide) groups is 2. The fourth-order valence-corrected chi connectivity index (χ4v) is 3.88. The molecule has 0 aromatic carbocycles. The van der Waals surface area contributed by atoms with Crippen molar-refractivity contribution in [2.24, 2.45) is 10.3 Å². The molecular weight excluding hydrogens is 252 g/mol. The lowest BCUT2D eigenvalue weighted by atomic mass is 10.2. The van der Waals surface area contributed by atoms with E-state index in [9.17, 15) is 0 Å². The van der Waals surface area contributed by atoms with Crippen LogP contribution in [0.2, 0.25) is 0 Å². The number of hydrogen-bond acceptors (Lipinski definition) is 7. The van der Waals surface area contributed by atoms with Gasteiger partial charge in [-0.15, -0.1) is 34.9 Å². The van der Waals surface area contributed by atoms with Crippen LogP contribution in [0.4, 0.5) is 0 Å². The maximum atomic E-state index is 8.57. The summed E-state index contributed by atoms with van der Waals surface area (Å²) >= 11 is 4.73. The summed E-state index contributed by atoms with van der Waals surface area (Å²) in [6.45, 7) is 0. The molecule has 1 aromatic heterocycles. The lowest BCUT2D eigenvalue weighted by molar-refractivity contribution is 0.321. The molecule has 0 bridgehead atoms. The first-order valence-electron chi connectivity index (χ1n) is 3.88. The fourth-order valence-electron chi connectivity index (χ4n) is 1.08. The van der Waals surface area contributed by atoms with Gasteiger partial charge >= 0.3 is 0 Å². The molecule has 7 heteroatoms. The van der Waals surface area contributed by atoms with E-state index in [0.717, 1.165) is 19.5 Å². The monoisotopic (exact) mass is 262 g/mol. The number of oxime groups is 2. The van der Waals surface area contributed by atoms with Crippen molar-refractivity contribution in [2.45, 2.75) is 8.42 Å². The van der Waals surface area contributed by atoms with Crippen molar-refractivity contribution >= 4 is 47.3 Å². The van der Waals surface area contributed by atoms with Crippen LogP contribution in [-0.4, -0.2) is 35.4 Å². The van der Waals surface area contributed by atoms with Crippen LogP contribution in [0, 0.1) is 0 Å². The second kappa shape index (κ2) is 6.04. The van der Waals surface area contributed by atoms with Gasteiger partial charge in [0.05, 0.1) is 20.8 Å². The molecule has 0 aliphatic heterocycles. The minimum atomic E-state index is 0.789. The fraction of sp³-hybridized carbons (Fsp3) is 0.250. The minimum Gasteiger partial charge on any atom is -0.411 e. The average Bonchev–Trinajstić information content (AvgIpc) is 2.58. The van der Waals surface area contributed by atoms with Crippen LogP contribution in [-0.2, 0) is 0 Å². The lowest BCUT2D eigenvalue weighted by Gasteiger charge is -1.94. The second-order valence-electron chi connectivity index (χ2n) is 2.40. The van der Waals surface area contributed by atoms with E-state index in [1.54, 1.807) is 34.9 Å². The van der Waals surface area contributed by atoms with Gasteiger partial charge in [0, 0.05) is 11.1 Å². The Morgan fingerprint density at radius 3 is 1.67 bits per heavy atom. The van der Waals surface area contributed by atoms with Crippen LogP contribution in [0.5, 0.6) is 0 Å². The molecule has 0 unspecified atom stereocenters. The molecule has 4 nitrogen and oxygen atoms in total. The van der Waals surface area contributed by atoms with Crippen molar-refractivity contribution in [3.63, 3.8) is 0 Å². The number of thiophene rings is 1.